The van der Waals surface area contributed by atoms with E-state index in [1.54, 1.807) is 0 Å². The number of carbonyl (C=O) groups excluding carboxylic acids is 1. The highest BCUT2D eigenvalue weighted by Crippen LogP contribution is 2.45. The summed E-state index contributed by atoms with van der Waals surface area (Å²) in [5, 5.41) is 0. The van der Waals surface area contributed by atoms with Crippen LogP contribution in [0.4, 0.5) is 0 Å². The maximum Gasteiger partial charge on any atom is 0.119 e. The number of allylic oxidation sites excluding steroid dienone is 2. The molecule has 0 aliphatic heterocycles. The molecule has 2 bridgehead atoms. The van der Waals surface area contributed by atoms with Crippen LogP contribution in [0.5, 0.6) is 0 Å². The van der Waals surface area contributed by atoms with E-state index in [0.29, 0.717) is 0 Å². The van der Waals surface area contributed by atoms with Crippen LogP contribution in [0.15, 0.2) is 12.2 Å². The number of carbonyl (C=O) groups is 1. The van der Waals surface area contributed by atoms with Gasteiger partial charge in [0.1, 0.15) is 6.29 Å². The summed E-state index contributed by atoms with van der Waals surface area (Å²) in [7, 11) is 0. The van der Waals surface area contributed by atoms with Crippen molar-refractivity contribution in [3.8, 4) is 0 Å². The van der Waals surface area contributed by atoms with E-state index >= 15 is 0 Å². The monoisotopic (exact) mass is 248 g/mol. The molecule has 0 aromatic carbocycles. The van der Waals surface area contributed by atoms with Crippen molar-refractivity contribution >= 4 is 6.29 Å². The zero-order valence-electron chi connectivity index (χ0n) is 11.7. The Morgan fingerprint density at radius 1 is 0.889 bits per heavy atom. The summed E-state index contributed by atoms with van der Waals surface area (Å²) in [6, 6.07) is 0. The summed E-state index contributed by atoms with van der Waals surface area (Å²) >= 11 is 0. The number of fused-ring (bicyclic) bond motifs is 2. The molecule has 3 atom stereocenters. The zero-order valence-corrected chi connectivity index (χ0v) is 11.7. The van der Waals surface area contributed by atoms with Crippen LogP contribution in [0.1, 0.15) is 70.6 Å². The van der Waals surface area contributed by atoms with Crippen molar-refractivity contribution < 1.29 is 4.79 Å². The normalized spacial score (nSPS) is 29.0. The van der Waals surface area contributed by atoms with Crippen molar-refractivity contribution in [2.24, 2.45) is 17.8 Å². The van der Waals surface area contributed by atoms with Crippen molar-refractivity contribution in [2.45, 2.75) is 70.6 Å². The Balaban J connectivity index is 1.38. The van der Waals surface area contributed by atoms with Gasteiger partial charge in [0, 0.05) is 6.42 Å². The molecular formula is C17H28O. The molecule has 0 radical (unpaired) electrons. The second-order valence-corrected chi connectivity index (χ2v) is 6.26. The molecule has 0 heterocycles. The third kappa shape index (κ3) is 4.26. The van der Waals surface area contributed by atoms with Crippen LogP contribution in [0.25, 0.3) is 0 Å². The van der Waals surface area contributed by atoms with Gasteiger partial charge >= 0.3 is 0 Å². The highest BCUT2D eigenvalue weighted by Gasteiger charge is 2.34. The van der Waals surface area contributed by atoms with Crippen LogP contribution in [0.2, 0.25) is 0 Å². The average Bonchev–Trinajstić information content (AvgIpc) is 2.99. The van der Waals surface area contributed by atoms with Crippen molar-refractivity contribution in [3.63, 3.8) is 0 Å². The van der Waals surface area contributed by atoms with E-state index in [1.165, 1.54) is 57.8 Å². The maximum atomic E-state index is 10.2. The second kappa shape index (κ2) is 7.76. The largest absolute Gasteiger partial charge is 0.303 e. The molecule has 2 aliphatic carbocycles. The van der Waals surface area contributed by atoms with E-state index in [0.717, 1.165) is 36.9 Å². The fourth-order valence-corrected chi connectivity index (χ4v) is 3.74. The maximum absolute atomic E-state index is 10.2. The van der Waals surface area contributed by atoms with Gasteiger partial charge in [0.15, 0.2) is 0 Å². The van der Waals surface area contributed by atoms with Crippen LogP contribution in [0.3, 0.4) is 0 Å². The third-order valence-corrected chi connectivity index (χ3v) is 4.81. The lowest BCUT2D eigenvalue weighted by atomic mass is 9.88. The van der Waals surface area contributed by atoms with Gasteiger partial charge < -0.3 is 4.79 Å². The van der Waals surface area contributed by atoms with E-state index in [4.69, 9.17) is 0 Å². The van der Waals surface area contributed by atoms with E-state index in [1.807, 2.05) is 0 Å². The topological polar surface area (TPSA) is 17.1 Å². The summed E-state index contributed by atoms with van der Waals surface area (Å²) in [6.45, 7) is 0. The van der Waals surface area contributed by atoms with E-state index in [-0.39, 0.29) is 0 Å². The fourth-order valence-electron chi connectivity index (χ4n) is 3.74. The van der Waals surface area contributed by atoms with Crippen LogP contribution >= 0.6 is 0 Å². The lowest BCUT2D eigenvalue weighted by Crippen LogP contribution is -2.06. The average molecular weight is 248 g/mol. The van der Waals surface area contributed by atoms with E-state index < -0.39 is 0 Å². The molecule has 1 saturated carbocycles. The van der Waals surface area contributed by atoms with Crippen LogP contribution in [-0.2, 0) is 4.79 Å². The number of aldehydes is 1. The van der Waals surface area contributed by atoms with Crippen LogP contribution < -0.4 is 0 Å². The third-order valence-electron chi connectivity index (χ3n) is 4.81. The van der Waals surface area contributed by atoms with Gasteiger partial charge in [-0.25, -0.2) is 0 Å². The summed E-state index contributed by atoms with van der Waals surface area (Å²) in [5.41, 5.74) is 0. The molecule has 2 aliphatic rings. The van der Waals surface area contributed by atoms with Gasteiger partial charge in [0.25, 0.3) is 0 Å². The lowest BCUT2D eigenvalue weighted by Gasteiger charge is -2.17. The van der Waals surface area contributed by atoms with Gasteiger partial charge in [-0.2, -0.15) is 0 Å². The highest BCUT2D eigenvalue weighted by atomic mass is 16.1. The van der Waals surface area contributed by atoms with Crippen LogP contribution in [0, 0.1) is 17.8 Å². The van der Waals surface area contributed by atoms with Crippen molar-refractivity contribution in [2.75, 3.05) is 0 Å². The Kier molecular flexibility index (Phi) is 5.96. The molecule has 2 rings (SSSR count). The molecule has 0 aromatic rings. The number of unbranched alkanes of at least 4 members (excludes halogenated alkanes) is 7. The Labute approximate surface area is 112 Å². The van der Waals surface area contributed by atoms with Gasteiger partial charge in [-0.3, -0.25) is 0 Å². The first-order chi connectivity index (χ1) is 8.90. The quantitative estimate of drug-likeness (QED) is 0.305. The molecule has 0 N–H and O–H groups in total. The molecule has 0 spiro atoms. The molecule has 3 unspecified atom stereocenters. The predicted molar refractivity (Wildman–Crippen MR) is 76.5 cm³/mol. The Hall–Kier alpha value is -0.590. The van der Waals surface area contributed by atoms with Gasteiger partial charge in [0.2, 0.25) is 0 Å². The highest BCUT2D eigenvalue weighted by molar-refractivity contribution is 5.48. The Morgan fingerprint density at radius 3 is 2.22 bits per heavy atom. The van der Waals surface area contributed by atoms with Gasteiger partial charge in [-0.1, -0.05) is 50.7 Å². The van der Waals surface area contributed by atoms with Crippen LogP contribution in [-0.4, -0.2) is 6.29 Å². The standard InChI is InChI=1S/C17H28O/c18-12-8-6-4-2-1-3-5-7-9-16-13-15-10-11-17(16)14-15/h10-12,15-17H,1-9,13-14H2. The Bertz CT molecular complexity index is 269. The molecule has 1 fully saturated rings. The molecular weight excluding hydrogens is 220 g/mol. The molecule has 18 heavy (non-hydrogen) atoms. The van der Waals surface area contributed by atoms with E-state index in [2.05, 4.69) is 12.2 Å². The summed E-state index contributed by atoms with van der Waals surface area (Å²) < 4.78 is 0. The summed E-state index contributed by atoms with van der Waals surface area (Å²) in [6.07, 6.45) is 20.4. The zero-order chi connectivity index (χ0) is 12.6. The van der Waals surface area contributed by atoms with Crippen molar-refractivity contribution in [3.05, 3.63) is 12.2 Å². The SMILES string of the molecule is O=CCCCCCCCCCC1CC2C=CC1C2. The van der Waals surface area contributed by atoms with Crippen molar-refractivity contribution in [1.29, 1.82) is 0 Å². The molecule has 0 amide bonds. The van der Waals surface area contributed by atoms with Gasteiger partial charge in [0.05, 0.1) is 0 Å². The molecule has 1 heteroatoms. The number of hydrogen-bond acceptors (Lipinski definition) is 1. The van der Waals surface area contributed by atoms with Gasteiger partial charge in [-0.05, 0) is 43.4 Å². The fraction of sp³-hybridized carbons (Fsp3) is 0.824. The minimum absolute atomic E-state index is 0.762. The second-order valence-electron chi connectivity index (χ2n) is 6.26. The van der Waals surface area contributed by atoms with E-state index in [9.17, 15) is 4.79 Å². The van der Waals surface area contributed by atoms with Gasteiger partial charge in [-0.15, -0.1) is 0 Å². The molecule has 102 valence electrons. The first-order valence-corrected chi connectivity index (χ1v) is 8.02. The lowest BCUT2D eigenvalue weighted by molar-refractivity contribution is -0.107. The smallest absolute Gasteiger partial charge is 0.119 e. The molecule has 1 nitrogen and oxygen atoms in total. The summed E-state index contributed by atoms with van der Waals surface area (Å²) in [4.78, 5) is 10.2. The Morgan fingerprint density at radius 2 is 1.61 bits per heavy atom. The predicted octanol–water partition coefficient (Wildman–Crippen LogP) is 4.91. The summed E-state index contributed by atoms with van der Waals surface area (Å²) in [5.74, 6) is 2.91. The van der Waals surface area contributed by atoms with Crippen molar-refractivity contribution in [1.82, 2.24) is 0 Å². The first-order valence-electron chi connectivity index (χ1n) is 8.02. The minimum Gasteiger partial charge on any atom is -0.303 e. The molecule has 0 saturated heterocycles. The first kappa shape index (κ1) is 13.8. The minimum atomic E-state index is 0.762. The number of hydrogen-bond donors (Lipinski definition) is 0. The number of rotatable bonds is 10. The molecule has 0 aromatic heterocycles.